The predicted molar refractivity (Wildman–Crippen MR) is 108 cm³/mol. The van der Waals surface area contributed by atoms with Gasteiger partial charge in [0.1, 0.15) is 17.5 Å². The average Bonchev–Trinajstić information content (AvgIpc) is 2.63. The fraction of sp³-hybridized carbons (Fsp3) is 0.619. The lowest BCUT2D eigenvalue weighted by Gasteiger charge is -2.32. The number of likely N-dealkylation sites (tertiary alicyclic amines) is 1. The Bertz CT molecular complexity index is 816. The second-order valence-corrected chi connectivity index (χ2v) is 8.88. The Morgan fingerprint density at radius 1 is 1.30 bits per heavy atom. The molecule has 1 atom stereocenters. The van der Waals surface area contributed by atoms with E-state index in [1.54, 1.807) is 0 Å². The number of nitrogens with zero attached hydrogens (tertiary/aromatic N) is 2. The van der Waals surface area contributed by atoms with E-state index >= 15 is 0 Å². The quantitative estimate of drug-likeness (QED) is 0.555. The molecule has 164 valence electrons. The van der Waals surface area contributed by atoms with Crippen LogP contribution in [0.1, 0.15) is 58.1 Å². The van der Waals surface area contributed by atoms with Crippen molar-refractivity contribution in [2.75, 3.05) is 25.0 Å². The van der Waals surface area contributed by atoms with E-state index in [0.29, 0.717) is 43.7 Å². The highest BCUT2D eigenvalue weighted by Gasteiger charge is 2.28. The van der Waals surface area contributed by atoms with Crippen molar-refractivity contribution in [1.82, 2.24) is 15.2 Å². The van der Waals surface area contributed by atoms with Crippen molar-refractivity contribution in [3.63, 3.8) is 0 Å². The first-order valence-electron chi connectivity index (χ1n) is 10.3. The molecule has 3 rings (SSSR count). The number of ether oxygens (including phenoxy) is 1. The molecule has 30 heavy (non-hydrogen) atoms. The molecule has 2 saturated heterocycles. The highest BCUT2D eigenvalue weighted by molar-refractivity contribution is 6.01. The minimum absolute atomic E-state index is 0.0236. The molecular formula is C21H29FN4O4. The van der Waals surface area contributed by atoms with Crippen LogP contribution in [0.2, 0.25) is 0 Å². The van der Waals surface area contributed by atoms with Crippen molar-refractivity contribution in [1.29, 1.82) is 0 Å². The van der Waals surface area contributed by atoms with Crippen LogP contribution in [0.3, 0.4) is 0 Å². The van der Waals surface area contributed by atoms with Crippen LogP contribution in [0.15, 0.2) is 12.3 Å². The molecular weight excluding hydrogens is 391 g/mol. The number of halogens is 1. The average molecular weight is 420 g/mol. The molecule has 0 spiro atoms. The highest BCUT2D eigenvalue weighted by atomic mass is 19.1. The zero-order valence-corrected chi connectivity index (χ0v) is 17.7. The number of hydrogen-bond acceptors (Lipinski definition) is 7. The molecule has 0 aromatic carbocycles. The van der Waals surface area contributed by atoms with Gasteiger partial charge >= 0.3 is 5.97 Å². The van der Waals surface area contributed by atoms with Gasteiger partial charge in [-0.15, -0.1) is 0 Å². The van der Waals surface area contributed by atoms with Crippen LogP contribution in [0.5, 0.6) is 0 Å². The highest BCUT2D eigenvalue weighted by Crippen LogP contribution is 2.29. The van der Waals surface area contributed by atoms with E-state index in [9.17, 15) is 18.8 Å². The molecule has 1 unspecified atom stereocenters. The summed E-state index contributed by atoms with van der Waals surface area (Å²) < 4.78 is 20.0. The van der Waals surface area contributed by atoms with E-state index in [4.69, 9.17) is 4.74 Å². The van der Waals surface area contributed by atoms with Gasteiger partial charge in [-0.3, -0.25) is 29.6 Å². The fourth-order valence-electron chi connectivity index (χ4n) is 3.78. The maximum Gasteiger partial charge on any atom is 0.320 e. The van der Waals surface area contributed by atoms with Gasteiger partial charge in [-0.1, -0.05) is 0 Å². The smallest absolute Gasteiger partial charge is 0.320 e. The summed E-state index contributed by atoms with van der Waals surface area (Å²) >= 11 is 0. The third kappa shape index (κ3) is 5.98. The number of nitrogens with one attached hydrogen (secondary N) is 2. The maximum absolute atomic E-state index is 14.7. The van der Waals surface area contributed by atoms with Crippen LogP contribution >= 0.6 is 0 Å². The third-order valence-corrected chi connectivity index (χ3v) is 5.20. The second-order valence-electron chi connectivity index (χ2n) is 8.88. The molecule has 8 nitrogen and oxygen atoms in total. The van der Waals surface area contributed by atoms with Crippen molar-refractivity contribution in [2.24, 2.45) is 0 Å². The van der Waals surface area contributed by atoms with E-state index in [1.165, 1.54) is 12.3 Å². The molecule has 2 N–H and O–H groups in total. The first-order chi connectivity index (χ1) is 14.1. The number of pyridine rings is 1. The lowest BCUT2D eigenvalue weighted by atomic mass is 9.92. The van der Waals surface area contributed by atoms with Crippen molar-refractivity contribution in [2.45, 2.75) is 64.0 Å². The third-order valence-electron chi connectivity index (χ3n) is 5.20. The van der Waals surface area contributed by atoms with E-state index < -0.39 is 23.4 Å². The molecule has 1 aromatic heterocycles. The molecule has 0 saturated carbocycles. The van der Waals surface area contributed by atoms with Crippen molar-refractivity contribution >= 4 is 23.5 Å². The lowest BCUT2D eigenvalue weighted by Crippen LogP contribution is -2.47. The molecule has 1 aromatic rings. The van der Waals surface area contributed by atoms with Crippen LogP contribution in [-0.4, -0.2) is 58.9 Å². The molecule has 0 aliphatic carbocycles. The van der Waals surface area contributed by atoms with Crippen molar-refractivity contribution in [3.05, 3.63) is 23.8 Å². The number of carbonyl (C=O) groups is 3. The molecule has 2 aliphatic heterocycles. The van der Waals surface area contributed by atoms with Gasteiger partial charge in [0.2, 0.25) is 11.8 Å². The number of aromatic nitrogens is 1. The summed E-state index contributed by atoms with van der Waals surface area (Å²) in [4.78, 5) is 41.4. The number of carbonyl (C=O) groups excluding carboxylic acids is 3. The summed E-state index contributed by atoms with van der Waals surface area (Å²) in [5, 5.41) is 5.21. The van der Waals surface area contributed by atoms with Crippen molar-refractivity contribution in [3.8, 4) is 0 Å². The number of amides is 2. The Hall–Kier alpha value is -2.55. The summed E-state index contributed by atoms with van der Waals surface area (Å²) in [7, 11) is 0. The lowest BCUT2D eigenvalue weighted by molar-refractivity contribution is -0.156. The zero-order valence-electron chi connectivity index (χ0n) is 17.7. The van der Waals surface area contributed by atoms with Gasteiger partial charge in [0.05, 0.1) is 24.1 Å². The second kappa shape index (κ2) is 9.07. The number of imide groups is 1. The van der Waals surface area contributed by atoms with Crippen LogP contribution in [0.4, 0.5) is 10.1 Å². The predicted octanol–water partition coefficient (Wildman–Crippen LogP) is 1.96. The summed E-state index contributed by atoms with van der Waals surface area (Å²) in [5.74, 6) is -1.40. The van der Waals surface area contributed by atoms with Gasteiger partial charge in [-0.2, -0.15) is 0 Å². The molecule has 9 heteroatoms. The Balaban J connectivity index is 1.53. The van der Waals surface area contributed by atoms with Gasteiger partial charge < -0.3 is 10.1 Å². The molecule has 2 fully saturated rings. The first kappa shape index (κ1) is 22.1. The van der Waals surface area contributed by atoms with Crippen molar-refractivity contribution < 1.29 is 23.5 Å². The standard InChI is InChI=1S/C21H29FN4O4/c1-21(2,3)30-18(28)12-26-8-6-13(7-9-26)19-15(22)10-14(11-23-19)24-16-4-5-17(27)25-20(16)29/h10-11,13,16,24H,4-9,12H2,1-3H3,(H,25,27,29). The Labute approximate surface area is 175 Å². The van der Waals surface area contributed by atoms with Crippen LogP contribution in [0.25, 0.3) is 0 Å². The fourth-order valence-corrected chi connectivity index (χ4v) is 3.78. The summed E-state index contributed by atoms with van der Waals surface area (Å²) in [6.45, 7) is 7.08. The maximum atomic E-state index is 14.7. The largest absolute Gasteiger partial charge is 0.459 e. The van der Waals surface area contributed by atoms with E-state index in [1.807, 2.05) is 25.7 Å². The Morgan fingerprint density at radius 2 is 2.00 bits per heavy atom. The number of anilines is 1. The SMILES string of the molecule is CC(C)(C)OC(=O)CN1CCC(c2ncc(NC3CCC(=O)NC3=O)cc2F)CC1. The molecule has 2 aliphatic rings. The number of hydrogen-bond donors (Lipinski definition) is 2. The van der Waals surface area contributed by atoms with Gasteiger partial charge in [0.25, 0.3) is 0 Å². The van der Waals surface area contributed by atoms with E-state index in [0.717, 1.165) is 0 Å². The van der Waals surface area contributed by atoms with Gasteiger partial charge in [-0.05, 0) is 53.1 Å². The number of esters is 1. The minimum Gasteiger partial charge on any atom is -0.459 e. The van der Waals surface area contributed by atoms with E-state index in [-0.39, 0.29) is 30.8 Å². The number of rotatable bonds is 5. The monoisotopic (exact) mass is 420 g/mol. The Kier molecular flexibility index (Phi) is 6.70. The van der Waals surface area contributed by atoms with Gasteiger partial charge in [-0.25, -0.2) is 4.39 Å². The number of piperidine rings is 2. The van der Waals surface area contributed by atoms with E-state index in [2.05, 4.69) is 15.6 Å². The molecule has 0 bridgehead atoms. The molecule has 2 amide bonds. The normalized spacial score (nSPS) is 21.3. The summed E-state index contributed by atoms with van der Waals surface area (Å²) in [6, 6.07) is 0.768. The van der Waals surface area contributed by atoms with Crippen LogP contribution in [-0.2, 0) is 19.1 Å². The van der Waals surface area contributed by atoms with Crippen LogP contribution in [0, 0.1) is 5.82 Å². The minimum atomic E-state index is -0.578. The molecule has 3 heterocycles. The van der Waals surface area contributed by atoms with Gasteiger partial charge in [0.15, 0.2) is 0 Å². The molecule has 0 radical (unpaired) electrons. The van der Waals surface area contributed by atoms with Gasteiger partial charge in [0, 0.05) is 18.4 Å². The first-order valence-corrected chi connectivity index (χ1v) is 10.3. The zero-order chi connectivity index (χ0) is 21.9. The Morgan fingerprint density at radius 3 is 2.60 bits per heavy atom. The summed E-state index contributed by atoms with van der Waals surface area (Å²) in [6.07, 6.45) is 3.54. The van der Waals surface area contributed by atoms with Crippen LogP contribution < -0.4 is 10.6 Å². The summed E-state index contributed by atoms with van der Waals surface area (Å²) in [5.41, 5.74) is 0.306. The topological polar surface area (TPSA) is 101 Å².